The van der Waals surface area contributed by atoms with Crippen molar-refractivity contribution in [2.24, 2.45) is 0 Å². The summed E-state index contributed by atoms with van der Waals surface area (Å²) < 4.78 is 5.38. The fourth-order valence-corrected chi connectivity index (χ4v) is 2.73. The Bertz CT molecular complexity index is 633. The lowest BCUT2D eigenvalue weighted by molar-refractivity contribution is 0.0590. The Morgan fingerprint density at radius 3 is 2.48 bits per heavy atom. The average molecular weight is 335 g/mol. The third-order valence-electron chi connectivity index (χ3n) is 2.65. The topological polar surface area (TPSA) is 55.3 Å². The molecule has 0 aliphatic carbocycles. The SMILES string of the molecule is CC.Cc1nc(-c2cccnc2)sc1N(C)C(=O)OC(C)(C)C. The Hall–Kier alpha value is -1.95. The molecule has 1 amide bonds. The number of rotatable bonds is 2. The van der Waals surface area contributed by atoms with Crippen molar-refractivity contribution in [3.05, 3.63) is 30.2 Å². The number of nitrogens with zero attached hydrogens (tertiary/aromatic N) is 3. The highest BCUT2D eigenvalue weighted by atomic mass is 32.1. The molecule has 0 aliphatic rings. The number of ether oxygens (including phenoxy) is 1. The second-order valence-corrected chi connectivity index (χ2v) is 6.67. The van der Waals surface area contributed by atoms with E-state index in [1.807, 2.05) is 53.7 Å². The van der Waals surface area contributed by atoms with Crippen LogP contribution in [-0.2, 0) is 4.74 Å². The molecule has 2 heterocycles. The average Bonchev–Trinajstić information content (AvgIpc) is 2.89. The molecule has 0 spiro atoms. The molecule has 126 valence electrons. The van der Waals surface area contributed by atoms with Crippen LogP contribution in [0.3, 0.4) is 0 Å². The van der Waals surface area contributed by atoms with Crippen LogP contribution < -0.4 is 4.90 Å². The van der Waals surface area contributed by atoms with Crippen molar-refractivity contribution in [1.29, 1.82) is 0 Å². The molecule has 0 unspecified atom stereocenters. The number of aryl methyl sites for hydroxylation is 1. The highest BCUT2D eigenvalue weighted by Gasteiger charge is 2.23. The van der Waals surface area contributed by atoms with E-state index in [0.717, 1.165) is 21.3 Å². The number of thiazole rings is 1. The fourth-order valence-electron chi connectivity index (χ4n) is 1.73. The zero-order chi connectivity index (χ0) is 17.6. The molecular weight excluding hydrogens is 310 g/mol. The molecule has 0 bridgehead atoms. The molecule has 0 saturated carbocycles. The maximum atomic E-state index is 12.1. The van der Waals surface area contributed by atoms with Crippen LogP contribution in [0.1, 0.15) is 40.3 Å². The monoisotopic (exact) mass is 335 g/mol. The highest BCUT2D eigenvalue weighted by molar-refractivity contribution is 7.19. The van der Waals surface area contributed by atoms with Crippen molar-refractivity contribution in [3.8, 4) is 10.6 Å². The van der Waals surface area contributed by atoms with Gasteiger partial charge in [0.2, 0.25) is 0 Å². The fraction of sp³-hybridized carbons (Fsp3) is 0.471. The van der Waals surface area contributed by atoms with Crippen LogP contribution in [0.25, 0.3) is 10.6 Å². The van der Waals surface area contributed by atoms with E-state index >= 15 is 0 Å². The molecule has 0 atom stereocenters. The molecule has 5 nitrogen and oxygen atoms in total. The van der Waals surface area contributed by atoms with Crippen molar-refractivity contribution in [3.63, 3.8) is 0 Å². The largest absolute Gasteiger partial charge is 0.443 e. The van der Waals surface area contributed by atoms with Crippen LogP contribution in [0.15, 0.2) is 24.5 Å². The molecule has 23 heavy (non-hydrogen) atoms. The van der Waals surface area contributed by atoms with Gasteiger partial charge in [0, 0.05) is 25.0 Å². The van der Waals surface area contributed by atoms with Crippen molar-refractivity contribution >= 4 is 22.4 Å². The summed E-state index contributed by atoms with van der Waals surface area (Å²) in [5.74, 6) is 0. The van der Waals surface area contributed by atoms with Gasteiger partial charge in [0.1, 0.15) is 15.6 Å². The number of aromatic nitrogens is 2. The Morgan fingerprint density at radius 2 is 1.96 bits per heavy atom. The molecule has 0 aliphatic heterocycles. The second-order valence-electron chi connectivity index (χ2n) is 5.69. The van der Waals surface area contributed by atoms with Gasteiger partial charge in [-0.3, -0.25) is 9.88 Å². The number of hydrogen-bond donors (Lipinski definition) is 0. The molecule has 2 aromatic rings. The first-order valence-electron chi connectivity index (χ1n) is 7.62. The first-order chi connectivity index (χ1) is 10.8. The standard InChI is InChI=1S/C15H19N3O2S.C2H6/c1-10-13(18(5)14(19)20-15(2,3)4)21-12(17-10)11-7-6-8-16-9-11;1-2/h6-9H,1-5H3;1-2H3. The maximum Gasteiger partial charge on any atom is 0.415 e. The zero-order valence-electron chi connectivity index (χ0n) is 14.9. The zero-order valence-corrected chi connectivity index (χ0v) is 15.7. The van der Waals surface area contributed by atoms with Crippen LogP contribution in [0.5, 0.6) is 0 Å². The molecule has 0 N–H and O–H groups in total. The first kappa shape index (κ1) is 19.1. The van der Waals surface area contributed by atoms with E-state index in [4.69, 9.17) is 4.74 Å². The van der Waals surface area contributed by atoms with Crippen LogP contribution in [0.4, 0.5) is 9.80 Å². The van der Waals surface area contributed by atoms with Crippen LogP contribution >= 0.6 is 11.3 Å². The number of amides is 1. The Kier molecular flexibility index (Phi) is 6.69. The summed E-state index contributed by atoms with van der Waals surface area (Å²) in [7, 11) is 1.70. The normalized spacial score (nSPS) is 10.6. The van der Waals surface area contributed by atoms with E-state index in [1.54, 1.807) is 19.4 Å². The van der Waals surface area contributed by atoms with Crippen LogP contribution in [0, 0.1) is 6.92 Å². The summed E-state index contributed by atoms with van der Waals surface area (Å²) in [6.45, 7) is 11.4. The maximum absolute atomic E-state index is 12.1. The van der Waals surface area contributed by atoms with Gasteiger partial charge >= 0.3 is 6.09 Å². The molecule has 0 aromatic carbocycles. The van der Waals surface area contributed by atoms with Crippen molar-refractivity contribution in [1.82, 2.24) is 9.97 Å². The second kappa shape index (κ2) is 8.06. The predicted molar refractivity (Wildman–Crippen MR) is 96.1 cm³/mol. The summed E-state index contributed by atoms with van der Waals surface area (Å²) >= 11 is 1.45. The molecular formula is C17H25N3O2S. The van der Waals surface area contributed by atoms with E-state index in [2.05, 4.69) is 9.97 Å². The van der Waals surface area contributed by atoms with Gasteiger partial charge < -0.3 is 4.74 Å². The van der Waals surface area contributed by atoms with E-state index in [9.17, 15) is 4.79 Å². The number of hydrogen-bond acceptors (Lipinski definition) is 5. The minimum Gasteiger partial charge on any atom is -0.443 e. The van der Waals surface area contributed by atoms with Gasteiger partial charge in [-0.05, 0) is 39.8 Å². The lowest BCUT2D eigenvalue weighted by atomic mass is 10.2. The van der Waals surface area contributed by atoms with Gasteiger partial charge in [0.25, 0.3) is 0 Å². The molecule has 0 radical (unpaired) electrons. The minimum absolute atomic E-state index is 0.382. The van der Waals surface area contributed by atoms with Gasteiger partial charge in [-0.1, -0.05) is 25.2 Å². The quantitative estimate of drug-likeness (QED) is 0.782. The van der Waals surface area contributed by atoms with Gasteiger partial charge in [-0.2, -0.15) is 0 Å². The molecule has 0 saturated heterocycles. The van der Waals surface area contributed by atoms with Crippen molar-refractivity contribution < 1.29 is 9.53 Å². The molecule has 0 fully saturated rings. The summed E-state index contributed by atoms with van der Waals surface area (Å²) in [6.07, 6.45) is 3.10. The van der Waals surface area contributed by atoms with Gasteiger partial charge in [0.05, 0.1) is 5.69 Å². The van der Waals surface area contributed by atoms with Gasteiger partial charge in [0.15, 0.2) is 0 Å². The number of anilines is 1. The minimum atomic E-state index is -0.518. The lowest BCUT2D eigenvalue weighted by Crippen LogP contribution is -2.34. The highest BCUT2D eigenvalue weighted by Crippen LogP contribution is 2.34. The number of pyridine rings is 1. The van der Waals surface area contributed by atoms with Crippen LogP contribution in [-0.4, -0.2) is 28.7 Å². The summed E-state index contributed by atoms with van der Waals surface area (Å²) in [5.41, 5.74) is 1.22. The Balaban J connectivity index is 0.00000127. The summed E-state index contributed by atoms with van der Waals surface area (Å²) in [6, 6.07) is 3.81. The van der Waals surface area contributed by atoms with E-state index in [-0.39, 0.29) is 6.09 Å². The van der Waals surface area contributed by atoms with Crippen LogP contribution in [0.2, 0.25) is 0 Å². The van der Waals surface area contributed by atoms with E-state index in [0.29, 0.717) is 0 Å². The van der Waals surface area contributed by atoms with Gasteiger partial charge in [-0.25, -0.2) is 9.78 Å². The van der Waals surface area contributed by atoms with E-state index in [1.165, 1.54) is 16.2 Å². The Morgan fingerprint density at radius 1 is 1.30 bits per heavy atom. The van der Waals surface area contributed by atoms with Crippen molar-refractivity contribution in [2.75, 3.05) is 11.9 Å². The third kappa shape index (κ3) is 5.32. The summed E-state index contributed by atoms with van der Waals surface area (Å²) in [5, 5.41) is 1.62. The van der Waals surface area contributed by atoms with Crippen molar-refractivity contribution in [2.45, 2.75) is 47.1 Å². The number of carbonyl (C=O) groups is 1. The van der Waals surface area contributed by atoms with Gasteiger partial charge in [-0.15, -0.1) is 0 Å². The molecule has 2 rings (SSSR count). The number of carbonyl (C=O) groups excluding carboxylic acids is 1. The molecule has 6 heteroatoms. The van der Waals surface area contributed by atoms with E-state index < -0.39 is 5.60 Å². The molecule has 2 aromatic heterocycles. The third-order valence-corrected chi connectivity index (χ3v) is 3.94. The summed E-state index contributed by atoms with van der Waals surface area (Å²) in [4.78, 5) is 22.2. The predicted octanol–water partition coefficient (Wildman–Crippen LogP) is 4.91. The smallest absolute Gasteiger partial charge is 0.415 e. The lowest BCUT2D eigenvalue weighted by Gasteiger charge is -2.23. The first-order valence-corrected chi connectivity index (χ1v) is 8.44. The Labute approximate surface area is 142 Å².